The molecule has 3 N–H and O–H groups in total. The Hall–Kier alpha value is -0.234. The Morgan fingerprint density at radius 3 is 2.19 bits per heavy atom. The average Bonchev–Trinajstić information content (AvgIpc) is 3.81. The van der Waals surface area contributed by atoms with E-state index in [1.165, 1.54) is 6.92 Å². The first-order valence-corrected chi connectivity index (χ1v) is 20.1. The van der Waals surface area contributed by atoms with Gasteiger partial charge >= 0.3 is 69.3 Å². The Bertz CT molecular complexity index is 1340. The molecule has 14 heteroatoms. The Kier molecular flexibility index (Phi) is 15.4. The molecule has 5 aliphatic heterocycles. The zero-order valence-electron chi connectivity index (χ0n) is 35.5. The second-order valence-electron chi connectivity index (χ2n) is 17.6. The van der Waals surface area contributed by atoms with Crippen molar-refractivity contribution in [3.05, 3.63) is 0 Å². The van der Waals surface area contributed by atoms with Crippen LogP contribution in [-0.4, -0.2) is 105 Å². The number of aliphatic hydroxyl groups is 2. The van der Waals surface area contributed by atoms with Crippen LogP contribution in [0.3, 0.4) is 0 Å². The molecule has 5 fully saturated rings. The van der Waals surface area contributed by atoms with Gasteiger partial charge in [0.25, 0.3) is 0 Å². The second-order valence-corrected chi connectivity index (χ2v) is 17.6. The fraction of sp³-hybridized carbons (Fsp3) is 0.925. The quantitative estimate of drug-likeness (QED) is 0.194. The van der Waals surface area contributed by atoms with E-state index in [-0.39, 0.29) is 120 Å². The summed E-state index contributed by atoms with van der Waals surface area (Å²) in [4.78, 5) is 37.3. The molecule has 0 saturated carbocycles. The van der Waals surface area contributed by atoms with Gasteiger partial charge in [0.15, 0.2) is 11.6 Å². The van der Waals surface area contributed by atoms with E-state index in [0.717, 1.165) is 25.7 Å². The minimum Gasteiger partial charge on any atom is -1.00 e. The van der Waals surface area contributed by atoms with Crippen molar-refractivity contribution in [2.24, 2.45) is 35.5 Å². The van der Waals surface area contributed by atoms with Gasteiger partial charge in [0, 0.05) is 43.4 Å². The molecule has 5 saturated heterocycles. The van der Waals surface area contributed by atoms with Gasteiger partial charge in [0.05, 0.1) is 54.2 Å². The summed E-state index contributed by atoms with van der Waals surface area (Å²) in [5.74, 6) is -6.44. The van der Waals surface area contributed by atoms with Gasteiger partial charge in [-0.1, -0.05) is 48.5 Å². The number of rotatable bonds is 12. The molecule has 306 valence electrons. The van der Waals surface area contributed by atoms with Crippen molar-refractivity contribution in [2.45, 2.75) is 193 Å². The van der Waals surface area contributed by atoms with Crippen LogP contribution in [0.25, 0.3) is 0 Å². The van der Waals surface area contributed by atoms with E-state index in [4.69, 9.17) is 33.2 Å². The number of carbonyl (C=O) groups excluding carboxylic acids is 2. The Labute approximate surface area is 365 Å². The summed E-state index contributed by atoms with van der Waals surface area (Å²) in [5, 5.41) is 30.9. The summed E-state index contributed by atoms with van der Waals surface area (Å²) in [5.41, 5.74) is -1.36. The number of hydrogen-bond donors (Lipinski definition) is 3. The molecular weight excluding hydrogens is 728 g/mol. The van der Waals surface area contributed by atoms with Crippen molar-refractivity contribution >= 4 is 17.9 Å². The van der Waals surface area contributed by atoms with Crippen LogP contribution in [0.2, 0.25) is 0 Å². The summed E-state index contributed by atoms with van der Waals surface area (Å²) in [6.45, 7) is 18.5. The second kappa shape index (κ2) is 17.9. The van der Waals surface area contributed by atoms with Gasteiger partial charge < -0.3 is 49.9 Å². The minimum atomic E-state index is -1.59. The van der Waals surface area contributed by atoms with Crippen molar-refractivity contribution in [3.63, 3.8) is 0 Å². The summed E-state index contributed by atoms with van der Waals surface area (Å²) < 4.78 is 45.6. The molecule has 5 aliphatic rings. The number of aliphatic carboxylic acids is 1. The van der Waals surface area contributed by atoms with Gasteiger partial charge in [-0.25, -0.2) is 0 Å². The molecule has 17 atom stereocenters. The third kappa shape index (κ3) is 9.30. The van der Waals surface area contributed by atoms with E-state index >= 15 is 0 Å². The zero-order chi connectivity index (χ0) is 39.3. The van der Waals surface area contributed by atoms with Crippen LogP contribution in [0.4, 0.5) is 0 Å². The van der Waals surface area contributed by atoms with Gasteiger partial charge in [0.2, 0.25) is 0 Å². The normalized spacial score (nSPS) is 45.3. The van der Waals surface area contributed by atoms with Crippen molar-refractivity contribution in [1.82, 2.24) is 0 Å². The molecule has 0 amide bonds. The number of ether oxygens (including phenoxy) is 7. The fourth-order valence-corrected chi connectivity index (χ4v) is 10.0. The van der Waals surface area contributed by atoms with Gasteiger partial charge in [-0.3, -0.25) is 14.4 Å². The number of esters is 2. The first kappa shape index (κ1) is 46.5. The number of carbonyl (C=O) groups is 3. The van der Waals surface area contributed by atoms with Crippen molar-refractivity contribution in [1.29, 1.82) is 0 Å². The molecule has 54 heavy (non-hydrogen) atoms. The monoisotopic (exact) mass is 794 g/mol. The first-order chi connectivity index (χ1) is 24.7. The van der Waals surface area contributed by atoms with Gasteiger partial charge in [-0.15, -0.1) is 0 Å². The minimum absolute atomic E-state index is 0. The molecule has 5 rings (SSSR count). The molecule has 1 spiro atoms. The molecular formula is C40H67KO13. The predicted octanol–water partition coefficient (Wildman–Crippen LogP) is 2.27. The summed E-state index contributed by atoms with van der Waals surface area (Å²) in [6.07, 6.45) is 1.37. The zero-order valence-corrected chi connectivity index (χ0v) is 37.6. The summed E-state index contributed by atoms with van der Waals surface area (Å²) >= 11 is 0. The predicted molar refractivity (Wildman–Crippen MR) is 192 cm³/mol. The van der Waals surface area contributed by atoms with Crippen molar-refractivity contribution in [3.8, 4) is 0 Å². The van der Waals surface area contributed by atoms with Crippen LogP contribution in [0, 0.1) is 35.5 Å². The molecule has 0 aromatic rings. The van der Waals surface area contributed by atoms with E-state index in [9.17, 15) is 29.7 Å². The van der Waals surface area contributed by atoms with Crippen LogP contribution in [-0.2, 0) is 47.5 Å². The third-order valence-corrected chi connectivity index (χ3v) is 13.5. The number of carboxylic acids is 1. The van der Waals surface area contributed by atoms with Crippen molar-refractivity contribution < 1.29 is 116 Å². The SMILES string of the molecule is CCC(=O)O[C@H]([C@H](C)[C@H]1O[C@@]2(CC[C@@](C)([C@H]3CC[C@@](C)(C4O[C@@H]([C@H]5O[C@@](O)(CO)[C@H](C)C[C@@H]5C)C[C@@H]4C)O3)O2)C[C@H](OC(=O)CC)[C@H]1C)[C@@H](C)C(=O)O.[H-].[K+]. The van der Waals surface area contributed by atoms with Crippen molar-refractivity contribution in [2.75, 3.05) is 6.61 Å². The van der Waals surface area contributed by atoms with Crippen LogP contribution in [0.5, 0.6) is 0 Å². The largest absolute Gasteiger partial charge is 1.00 e. The van der Waals surface area contributed by atoms with Crippen LogP contribution < -0.4 is 51.4 Å². The third-order valence-electron chi connectivity index (χ3n) is 13.5. The van der Waals surface area contributed by atoms with Gasteiger partial charge in [-0.05, 0) is 64.7 Å². The molecule has 13 nitrogen and oxygen atoms in total. The molecule has 0 radical (unpaired) electrons. The molecule has 1 unspecified atom stereocenters. The molecule has 5 heterocycles. The summed E-state index contributed by atoms with van der Waals surface area (Å²) in [7, 11) is 0. The Balaban J connectivity index is 0.00000406. The number of aliphatic hydroxyl groups excluding tert-OH is 1. The summed E-state index contributed by atoms with van der Waals surface area (Å²) in [6, 6.07) is 0. The Morgan fingerprint density at radius 1 is 0.907 bits per heavy atom. The van der Waals surface area contributed by atoms with E-state index in [1.54, 1.807) is 13.8 Å². The van der Waals surface area contributed by atoms with E-state index < -0.39 is 71.5 Å². The smallest absolute Gasteiger partial charge is 1.00 e. The van der Waals surface area contributed by atoms with Crippen LogP contribution >= 0.6 is 0 Å². The van der Waals surface area contributed by atoms with E-state index in [2.05, 4.69) is 20.8 Å². The van der Waals surface area contributed by atoms with E-state index in [1.807, 2.05) is 27.7 Å². The molecule has 0 bridgehead atoms. The maximum absolute atomic E-state index is 12.7. The standard InChI is InChI=1S/C40H66O13.K.H/c1-11-30(42)47-28-19-39(51-34(24(28)6)25(7)33(26(8)36(44)45)49-31(43)12-2)16-15-37(9,53-39)29-13-14-38(10,50-29)35-22(4)18-27(48-35)32-21(3)17-23(5)40(46,20-41)52-32;;/h21-29,32-35,41,46H,11-20H2,1-10H3,(H,44,45);;/q;+1;-1/t21-,22-,23+,24+,25-,26+,27+,28-,29+,32-,33+,34-,35?,37-,38-,39+,40-;;/m0../s1. The van der Waals surface area contributed by atoms with Gasteiger partial charge in [0.1, 0.15) is 12.2 Å². The molecule has 0 aliphatic carbocycles. The topological polar surface area (TPSA) is 177 Å². The maximum atomic E-state index is 12.7. The number of hydrogen-bond acceptors (Lipinski definition) is 12. The maximum Gasteiger partial charge on any atom is 1.00 e. The molecule has 0 aromatic heterocycles. The average molecular weight is 795 g/mol. The van der Waals surface area contributed by atoms with Crippen LogP contribution in [0.15, 0.2) is 0 Å². The van der Waals surface area contributed by atoms with E-state index in [0.29, 0.717) is 19.3 Å². The van der Waals surface area contributed by atoms with Gasteiger partial charge in [-0.2, -0.15) is 0 Å². The number of carboxylic acid groups (broad SMARTS) is 1. The Morgan fingerprint density at radius 2 is 1.57 bits per heavy atom. The van der Waals surface area contributed by atoms with Crippen LogP contribution in [0.1, 0.15) is 128 Å². The fourth-order valence-electron chi connectivity index (χ4n) is 10.0. The first-order valence-electron chi connectivity index (χ1n) is 20.1. The molecule has 0 aromatic carbocycles.